The van der Waals surface area contributed by atoms with E-state index in [1.54, 1.807) is 29.2 Å². The van der Waals surface area contributed by atoms with Crippen molar-refractivity contribution in [3.8, 4) is 5.75 Å². The Hall–Kier alpha value is -2.75. The zero-order valence-corrected chi connectivity index (χ0v) is 19.0. The number of likely N-dealkylation sites (N-methyl/N-ethyl adjacent to an activating group) is 1. The van der Waals surface area contributed by atoms with Gasteiger partial charge in [0.1, 0.15) is 0 Å². The predicted octanol–water partition coefficient (Wildman–Crippen LogP) is 2.92. The van der Waals surface area contributed by atoms with Crippen LogP contribution in [0.5, 0.6) is 5.75 Å². The van der Waals surface area contributed by atoms with Crippen LogP contribution >= 0.6 is 0 Å². The molecular weight excluding hydrogens is 435 g/mol. The zero-order valence-electron chi connectivity index (χ0n) is 18.2. The third-order valence-corrected chi connectivity index (χ3v) is 7.10. The Morgan fingerprint density at radius 2 is 1.88 bits per heavy atom. The number of nitrogens with zero attached hydrogens (tertiary/aromatic N) is 2. The predicted molar refractivity (Wildman–Crippen MR) is 119 cm³/mol. The van der Waals surface area contributed by atoms with Crippen LogP contribution in [0.4, 0.5) is 4.39 Å². The molecule has 0 N–H and O–H groups in total. The quantitative estimate of drug-likeness (QED) is 0.564. The number of hydrogen-bond donors (Lipinski definition) is 0. The molecular formula is C23H27FN2O5S. The van der Waals surface area contributed by atoms with Crippen molar-refractivity contribution < 1.29 is 27.1 Å². The average molecular weight is 463 g/mol. The lowest BCUT2D eigenvalue weighted by atomic mass is 10.2. The van der Waals surface area contributed by atoms with E-state index in [0.29, 0.717) is 44.0 Å². The highest BCUT2D eigenvalue weighted by Gasteiger charge is 2.26. The molecule has 1 fully saturated rings. The molecule has 7 nitrogen and oxygen atoms in total. The Morgan fingerprint density at radius 1 is 1.19 bits per heavy atom. The fourth-order valence-electron chi connectivity index (χ4n) is 3.33. The molecule has 0 unspecified atom stereocenters. The summed E-state index contributed by atoms with van der Waals surface area (Å²) < 4.78 is 50.8. The zero-order chi connectivity index (χ0) is 23.1. The molecule has 0 atom stereocenters. The van der Waals surface area contributed by atoms with Crippen molar-refractivity contribution in [2.24, 2.45) is 0 Å². The van der Waals surface area contributed by atoms with E-state index < -0.39 is 15.8 Å². The molecule has 1 aliphatic rings. The Morgan fingerprint density at radius 3 is 2.47 bits per heavy atom. The van der Waals surface area contributed by atoms with E-state index in [1.165, 1.54) is 41.8 Å². The summed E-state index contributed by atoms with van der Waals surface area (Å²) in [5, 5.41) is 0. The normalized spacial score (nSPS) is 15.1. The molecule has 0 radical (unpaired) electrons. The van der Waals surface area contributed by atoms with Crippen molar-refractivity contribution >= 4 is 22.0 Å². The fourth-order valence-corrected chi connectivity index (χ4v) is 4.74. The van der Waals surface area contributed by atoms with E-state index in [9.17, 15) is 17.6 Å². The lowest BCUT2D eigenvalue weighted by molar-refractivity contribution is -0.126. The maximum absolute atomic E-state index is 13.9. The Kier molecular flexibility index (Phi) is 8.00. The molecule has 0 aliphatic carbocycles. The molecule has 172 valence electrons. The second-order valence-corrected chi connectivity index (χ2v) is 9.18. The van der Waals surface area contributed by atoms with Crippen LogP contribution in [0.3, 0.4) is 0 Å². The first kappa shape index (κ1) is 23.9. The Balaban J connectivity index is 1.65. The molecule has 9 heteroatoms. The van der Waals surface area contributed by atoms with Crippen molar-refractivity contribution in [1.29, 1.82) is 0 Å². The summed E-state index contributed by atoms with van der Waals surface area (Å²) in [4.78, 5) is 14.4. The summed E-state index contributed by atoms with van der Waals surface area (Å²) in [6.45, 7) is 4.01. The third-order valence-electron chi connectivity index (χ3n) is 5.19. The number of ether oxygens (including phenoxy) is 2. The van der Waals surface area contributed by atoms with Crippen molar-refractivity contribution in [2.45, 2.75) is 18.4 Å². The molecule has 1 heterocycles. The minimum absolute atomic E-state index is 0.155. The molecule has 2 aromatic rings. The van der Waals surface area contributed by atoms with E-state index in [-0.39, 0.29) is 23.1 Å². The summed E-state index contributed by atoms with van der Waals surface area (Å²) in [5.41, 5.74) is 1.36. The van der Waals surface area contributed by atoms with Crippen LogP contribution in [0.2, 0.25) is 0 Å². The number of rotatable bonds is 8. The smallest absolute Gasteiger partial charge is 0.246 e. The van der Waals surface area contributed by atoms with Crippen LogP contribution in [0.15, 0.2) is 53.4 Å². The minimum Gasteiger partial charge on any atom is -0.494 e. The molecule has 1 saturated heterocycles. The van der Waals surface area contributed by atoms with Crippen LogP contribution in [-0.2, 0) is 26.1 Å². The fraction of sp³-hybridized carbons (Fsp3) is 0.348. The summed E-state index contributed by atoms with van der Waals surface area (Å²) in [6.07, 6.45) is 3.06. The van der Waals surface area contributed by atoms with Crippen LogP contribution in [0, 0.1) is 5.82 Å². The molecule has 32 heavy (non-hydrogen) atoms. The van der Waals surface area contributed by atoms with Crippen LogP contribution in [0.1, 0.15) is 18.1 Å². The maximum Gasteiger partial charge on any atom is 0.246 e. The number of amides is 1. The van der Waals surface area contributed by atoms with E-state index in [2.05, 4.69) is 0 Å². The number of methoxy groups -OCH3 is 1. The molecule has 1 aliphatic heterocycles. The molecule has 0 aromatic heterocycles. The number of hydrogen-bond acceptors (Lipinski definition) is 5. The molecule has 2 aromatic carbocycles. The van der Waals surface area contributed by atoms with Gasteiger partial charge in [0, 0.05) is 32.3 Å². The number of halogens is 1. The molecule has 0 bridgehead atoms. The molecule has 0 spiro atoms. The van der Waals surface area contributed by atoms with Gasteiger partial charge in [-0.15, -0.1) is 0 Å². The molecule has 1 amide bonds. The van der Waals surface area contributed by atoms with Crippen LogP contribution in [0.25, 0.3) is 6.08 Å². The van der Waals surface area contributed by atoms with Crippen molar-refractivity contribution in [1.82, 2.24) is 9.21 Å². The highest BCUT2D eigenvalue weighted by atomic mass is 32.2. The summed E-state index contributed by atoms with van der Waals surface area (Å²) in [7, 11) is -2.16. The van der Waals surface area contributed by atoms with Crippen LogP contribution < -0.4 is 4.74 Å². The number of morpholine rings is 1. The number of carbonyl (C=O) groups is 1. The highest BCUT2D eigenvalue weighted by molar-refractivity contribution is 7.89. The number of carbonyl (C=O) groups excluding carboxylic acids is 1. The topological polar surface area (TPSA) is 76.2 Å². The van der Waals surface area contributed by atoms with Gasteiger partial charge in [0.15, 0.2) is 11.6 Å². The largest absolute Gasteiger partial charge is 0.494 e. The van der Waals surface area contributed by atoms with Gasteiger partial charge in [-0.3, -0.25) is 4.79 Å². The standard InChI is InChI=1S/C23H27FN2O5S/c1-3-25(17-19-6-10-22(30-2)21(24)16-19)23(27)11-7-18-4-8-20(9-5-18)32(28,29)26-12-14-31-15-13-26/h4-11,16H,3,12-15,17H2,1-2H3. The monoisotopic (exact) mass is 462 g/mol. The van der Waals surface area contributed by atoms with E-state index in [4.69, 9.17) is 9.47 Å². The van der Waals surface area contributed by atoms with Gasteiger partial charge in [0.25, 0.3) is 0 Å². The molecule has 3 rings (SSSR count). The van der Waals surface area contributed by atoms with Crippen molar-refractivity contribution in [3.05, 3.63) is 65.5 Å². The summed E-state index contributed by atoms with van der Waals surface area (Å²) >= 11 is 0. The molecule has 0 saturated carbocycles. The lowest BCUT2D eigenvalue weighted by Gasteiger charge is -2.26. The number of benzene rings is 2. The van der Waals surface area contributed by atoms with Crippen molar-refractivity contribution in [2.75, 3.05) is 40.0 Å². The van der Waals surface area contributed by atoms with Gasteiger partial charge in [-0.05, 0) is 48.4 Å². The van der Waals surface area contributed by atoms with Crippen LogP contribution in [-0.4, -0.2) is 63.5 Å². The first-order chi connectivity index (χ1) is 15.3. The second-order valence-electron chi connectivity index (χ2n) is 7.24. The maximum atomic E-state index is 13.9. The Bertz CT molecular complexity index is 1060. The summed E-state index contributed by atoms with van der Waals surface area (Å²) in [6, 6.07) is 11.0. The lowest BCUT2D eigenvalue weighted by Crippen LogP contribution is -2.40. The van der Waals surface area contributed by atoms with Gasteiger partial charge < -0.3 is 14.4 Å². The first-order valence-electron chi connectivity index (χ1n) is 10.3. The van der Waals surface area contributed by atoms with Gasteiger partial charge in [-0.2, -0.15) is 4.31 Å². The van der Waals surface area contributed by atoms with Gasteiger partial charge in [-0.1, -0.05) is 18.2 Å². The van der Waals surface area contributed by atoms with Gasteiger partial charge in [0.2, 0.25) is 15.9 Å². The first-order valence-corrected chi connectivity index (χ1v) is 11.8. The van der Waals surface area contributed by atoms with Crippen molar-refractivity contribution in [3.63, 3.8) is 0 Å². The van der Waals surface area contributed by atoms with E-state index in [0.717, 1.165) is 0 Å². The third kappa shape index (κ3) is 5.73. The SMILES string of the molecule is CCN(Cc1ccc(OC)c(F)c1)C(=O)C=Cc1ccc(S(=O)(=O)N2CCOCC2)cc1. The van der Waals surface area contributed by atoms with Gasteiger partial charge >= 0.3 is 0 Å². The average Bonchev–Trinajstić information content (AvgIpc) is 2.82. The van der Waals surface area contributed by atoms with Gasteiger partial charge in [0.05, 0.1) is 25.2 Å². The number of sulfonamides is 1. The van der Waals surface area contributed by atoms with E-state index >= 15 is 0 Å². The van der Waals surface area contributed by atoms with E-state index in [1.807, 2.05) is 6.92 Å². The summed E-state index contributed by atoms with van der Waals surface area (Å²) in [5.74, 6) is -0.549. The van der Waals surface area contributed by atoms with Gasteiger partial charge in [-0.25, -0.2) is 12.8 Å². The second kappa shape index (κ2) is 10.7. The Labute approximate surface area is 188 Å². The highest BCUT2D eigenvalue weighted by Crippen LogP contribution is 2.20. The minimum atomic E-state index is -3.56.